The minimum Gasteiger partial charge on any atom is -0.497 e. The maximum Gasteiger partial charge on any atom is 0.397 e. The van der Waals surface area contributed by atoms with Gasteiger partial charge in [0.05, 0.1) is 25.3 Å². The van der Waals surface area contributed by atoms with Crippen LogP contribution in [0.2, 0.25) is 0 Å². The van der Waals surface area contributed by atoms with Crippen LogP contribution in [0.25, 0.3) is 0 Å². The second kappa shape index (κ2) is 12.0. The summed E-state index contributed by atoms with van der Waals surface area (Å²) >= 11 is 1.18. The first kappa shape index (κ1) is 32.0. The second-order valence-corrected chi connectivity index (χ2v) is 13.4. The third-order valence-corrected chi connectivity index (χ3v) is 7.83. The number of methoxy groups -OCH3 is 2. The van der Waals surface area contributed by atoms with Gasteiger partial charge in [0.2, 0.25) is 0 Å². The van der Waals surface area contributed by atoms with Gasteiger partial charge in [0.1, 0.15) is 22.0 Å². The number of esters is 3. The summed E-state index contributed by atoms with van der Waals surface area (Å²) in [5, 5.41) is 6.14. The lowest BCUT2D eigenvalue weighted by Gasteiger charge is -2.29. The number of carbonyl (C=O) groups is 5. The Balaban J connectivity index is 1.59. The molecule has 2 aliphatic heterocycles. The predicted octanol–water partition coefficient (Wildman–Crippen LogP) is 3.45. The first-order valence-electron chi connectivity index (χ1n) is 13.8. The van der Waals surface area contributed by atoms with Crippen molar-refractivity contribution >= 4 is 46.1 Å². The molecule has 2 aromatic rings. The van der Waals surface area contributed by atoms with Crippen molar-refractivity contribution in [1.29, 1.82) is 0 Å². The van der Waals surface area contributed by atoms with E-state index in [1.54, 1.807) is 58.6 Å². The molecule has 1 aromatic carbocycles. The van der Waals surface area contributed by atoms with E-state index in [0.717, 1.165) is 4.88 Å². The van der Waals surface area contributed by atoms with Gasteiger partial charge in [0, 0.05) is 36.1 Å². The van der Waals surface area contributed by atoms with Gasteiger partial charge in [-0.15, -0.1) is 11.3 Å². The molecule has 4 rings (SSSR count). The normalized spacial score (nSPS) is 16.2. The first-order chi connectivity index (χ1) is 20.0. The van der Waals surface area contributed by atoms with Crippen LogP contribution < -0.4 is 15.4 Å². The molecule has 1 unspecified atom stereocenters. The molecule has 13 heteroatoms. The minimum atomic E-state index is -1.07. The number of nitrogens with zero attached hydrogens (tertiary/aromatic N) is 1. The Morgan fingerprint density at radius 2 is 1.67 bits per heavy atom. The molecule has 0 bridgehead atoms. The van der Waals surface area contributed by atoms with E-state index in [1.807, 2.05) is 0 Å². The number of rotatable bonds is 6. The van der Waals surface area contributed by atoms with Gasteiger partial charge >= 0.3 is 23.8 Å². The SMILES string of the molecule is COC(=O)c1cc(OC)cc2c1CN(CC1Cc3c(sc(NC(=O)C(=O)OC(C)(C)C)c3C(=O)OC(C)(C)C)CN1)C2=O. The number of amides is 2. The van der Waals surface area contributed by atoms with Gasteiger partial charge < -0.3 is 34.5 Å². The molecular formula is C30H37N3O9S. The summed E-state index contributed by atoms with van der Waals surface area (Å²) in [5.41, 5.74) is 0.359. The molecule has 2 aliphatic rings. The lowest BCUT2D eigenvalue weighted by molar-refractivity contribution is -0.161. The van der Waals surface area contributed by atoms with Gasteiger partial charge in [-0.05, 0) is 71.2 Å². The molecule has 1 atom stereocenters. The smallest absolute Gasteiger partial charge is 0.397 e. The highest BCUT2D eigenvalue weighted by Crippen LogP contribution is 2.38. The lowest BCUT2D eigenvalue weighted by atomic mass is 9.97. The van der Waals surface area contributed by atoms with Crippen molar-refractivity contribution in [2.24, 2.45) is 0 Å². The van der Waals surface area contributed by atoms with Gasteiger partial charge in [0.15, 0.2) is 0 Å². The summed E-state index contributed by atoms with van der Waals surface area (Å²) in [6.07, 6.45) is 0.343. The number of benzene rings is 1. The van der Waals surface area contributed by atoms with Gasteiger partial charge in [0.25, 0.3) is 5.91 Å². The van der Waals surface area contributed by atoms with E-state index in [9.17, 15) is 24.0 Å². The average Bonchev–Trinajstić information content (AvgIpc) is 3.42. The summed E-state index contributed by atoms with van der Waals surface area (Å²) < 4.78 is 21.1. The van der Waals surface area contributed by atoms with E-state index >= 15 is 0 Å². The zero-order chi connectivity index (χ0) is 31.9. The largest absolute Gasteiger partial charge is 0.497 e. The molecule has 232 valence electrons. The molecular weight excluding hydrogens is 578 g/mol. The van der Waals surface area contributed by atoms with Gasteiger partial charge in [-0.2, -0.15) is 0 Å². The Bertz CT molecular complexity index is 1480. The number of ether oxygens (including phenoxy) is 4. The molecule has 1 aromatic heterocycles. The molecule has 0 saturated carbocycles. The fourth-order valence-electron chi connectivity index (χ4n) is 4.93. The molecule has 12 nitrogen and oxygen atoms in total. The summed E-state index contributed by atoms with van der Waals surface area (Å²) in [5.74, 6) is -3.15. The molecule has 0 fully saturated rings. The molecule has 2 amide bonds. The quantitative estimate of drug-likeness (QED) is 0.281. The van der Waals surface area contributed by atoms with Crippen LogP contribution in [0.15, 0.2) is 12.1 Å². The Kier molecular flexibility index (Phi) is 8.89. The zero-order valence-corrected chi connectivity index (χ0v) is 26.4. The standard InChI is InChI=1S/C30H37N3O9S/c1-29(2,3)41-27(37)22-19-9-15(31-12-21(19)43-24(22)32-23(34)28(38)42-30(4,5)6)13-33-14-20-17(25(33)35)10-16(39-7)11-18(20)26(36)40-8/h10-11,15,31H,9,12-14H2,1-8H3,(H,32,34). The summed E-state index contributed by atoms with van der Waals surface area (Å²) in [4.78, 5) is 66.8. The van der Waals surface area contributed by atoms with Gasteiger partial charge in [-0.25, -0.2) is 14.4 Å². The zero-order valence-electron chi connectivity index (χ0n) is 25.6. The second-order valence-electron chi connectivity index (χ2n) is 12.3. The molecule has 0 radical (unpaired) electrons. The summed E-state index contributed by atoms with van der Waals surface area (Å²) in [6, 6.07) is 2.90. The number of anilines is 1. The van der Waals surface area contributed by atoms with Crippen molar-refractivity contribution in [3.8, 4) is 5.75 Å². The maximum atomic E-state index is 13.4. The Labute approximate surface area is 254 Å². The number of carbonyl (C=O) groups excluding carboxylic acids is 5. The van der Waals surface area contributed by atoms with E-state index in [-0.39, 0.29) is 41.2 Å². The topological polar surface area (TPSA) is 150 Å². The molecule has 2 N–H and O–H groups in total. The number of fused-ring (bicyclic) bond motifs is 2. The molecule has 0 aliphatic carbocycles. The molecule has 3 heterocycles. The molecule has 0 spiro atoms. The lowest BCUT2D eigenvalue weighted by Crippen LogP contribution is -2.44. The van der Waals surface area contributed by atoms with Crippen LogP contribution in [0, 0.1) is 0 Å². The molecule has 43 heavy (non-hydrogen) atoms. The third kappa shape index (κ3) is 7.16. The Hall–Kier alpha value is -3.97. The van der Waals surface area contributed by atoms with E-state index in [1.165, 1.54) is 25.6 Å². The Morgan fingerprint density at radius 3 is 2.28 bits per heavy atom. The number of hydrogen-bond acceptors (Lipinski definition) is 11. The predicted molar refractivity (Wildman–Crippen MR) is 157 cm³/mol. The van der Waals surface area contributed by atoms with Crippen LogP contribution in [0.1, 0.15) is 88.6 Å². The number of nitrogens with one attached hydrogen (secondary N) is 2. The van der Waals surface area contributed by atoms with Crippen LogP contribution in [-0.2, 0) is 43.3 Å². The number of hydrogen-bond donors (Lipinski definition) is 2. The average molecular weight is 616 g/mol. The van der Waals surface area contributed by atoms with E-state index < -0.39 is 35.0 Å². The van der Waals surface area contributed by atoms with Gasteiger partial charge in [-0.3, -0.25) is 9.59 Å². The highest BCUT2D eigenvalue weighted by molar-refractivity contribution is 7.17. The van der Waals surface area contributed by atoms with E-state index in [4.69, 9.17) is 18.9 Å². The van der Waals surface area contributed by atoms with Crippen LogP contribution in [-0.4, -0.2) is 72.6 Å². The van der Waals surface area contributed by atoms with Crippen molar-refractivity contribution in [3.05, 3.63) is 44.8 Å². The van der Waals surface area contributed by atoms with E-state index in [2.05, 4.69) is 10.6 Å². The fourth-order valence-corrected chi connectivity index (χ4v) is 6.09. The maximum absolute atomic E-state index is 13.4. The van der Waals surface area contributed by atoms with Crippen molar-refractivity contribution in [2.75, 3.05) is 26.1 Å². The van der Waals surface area contributed by atoms with Crippen LogP contribution in [0.5, 0.6) is 5.75 Å². The highest BCUT2D eigenvalue weighted by Gasteiger charge is 2.37. The van der Waals surface area contributed by atoms with E-state index in [0.29, 0.717) is 35.4 Å². The summed E-state index contributed by atoms with van der Waals surface area (Å²) in [6.45, 7) is 11.0. The monoisotopic (exact) mass is 615 g/mol. The van der Waals surface area contributed by atoms with Crippen LogP contribution in [0.3, 0.4) is 0 Å². The summed E-state index contributed by atoms with van der Waals surface area (Å²) in [7, 11) is 2.73. The van der Waals surface area contributed by atoms with Crippen LogP contribution in [0.4, 0.5) is 5.00 Å². The van der Waals surface area contributed by atoms with Crippen LogP contribution >= 0.6 is 11.3 Å². The Morgan fingerprint density at radius 1 is 1.00 bits per heavy atom. The van der Waals surface area contributed by atoms with Crippen molar-refractivity contribution in [2.45, 2.75) is 78.3 Å². The minimum absolute atomic E-state index is 0.173. The number of thiophene rings is 1. The molecule has 0 saturated heterocycles. The first-order valence-corrected chi connectivity index (χ1v) is 14.6. The third-order valence-electron chi connectivity index (χ3n) is 6.68. The van der Waals surface area contributed by atoms with Crippen molar-refractivity contribution in [1.82, 2.24) is 10.2 Å². The van der Waals surface area contributed by atoms with Crippen molar-refractivity contribution in [3.63, 3.8) is 0 Å². The highest BCUT2D eigenvalue weighted by atomic mass is 32.1. The fraction of sp³-hybridized carbons (Fsp3) is 0.500. The van der Waals surface area contributed by atoms with Crippen molar-refractivity contribution < 1.29 is 42.9 Å². The van der Waals surface area contributed by atoms with Gasteiger partial charge in [-0.1, -0.05) is 0 Å².